The van der Waals surface area contributed by atoms with Gasteiger partial charge in [-0.1, -0.05) is 0 Å². The second-order valence-corrected chi connectivity index (χ2v) is 4.75. The summed E-state index contributed by atoms with van der Waals surface area (Å²) in [5.74, 6) is 2.25. The van der Waals surface area contributed by atoms with Crippen LogP contribution in [0.1, 0.15) is 5.69 Å². The molecule has 102 valence electrons. The molecule has 1 heterocycles. The van der Waals surface area contributed by atoms with E-state index in [2.05, 4.69) is 20.9 Å². The van der Waals surface area contributed by atoms with Gasteiger partial charge in [-0.2, -0.15) is 0 Å². The summed E-state index contributed by atoms with van der Waals surface area (Å²) < 4.78 is 13.4. The van der Waals surface area contributed by atoms with Gasteiger partial charge < -0.3 is 19.8 Å². The molecule has 0 unspecified atom stereocenters. The number of ether oxygens (including phenoxy) is 2. The molecule has 0 radical (unpaired) electrons. The van der Waals surface area contributed by atoms with Gasteiger partial charge >= 0.3 is 0 Å². The van der Waals surface area contributed by atoms with Crippen molar-refractivity contribution in [2.24, 2.45) is 12.8 Å². The van der Waals surface area contributed by atoms with Crippen molar-refractivity contribution in [3.05, 3.63) is 28.5 Å². The SMILES string of the molecule is COc1ccc(-c2nc(CN)c(Br)n2C)c(OC)c1. The molecule has 6 heteroatoms. The summed E-state index contributed by atoms with van der Waals surface area (Å²) in [6, 6.07) is 5.63. The van der Waals surface area contributed by atoms with Crippen molar-refractivity contribution in [3.8, 4) is 22.9 Å². The molecule has 1 aromatic heterocycles. The molecular weight excluding hydrogens is 310 g/mol. The molecule has 0 spiro atoms. The van der Waals surface area contributed by atoms with Crippen LogP contribution in [0.25, 0.3) is 11.4 Å². The molecule has 0 saturated carbocycles. The molecule has 0 atom stereocenters. The standard InChI is InChI=1S/C13H16BrN3O2/c1-17-12(14)10(7-15)16-13(17)9-5-4-8(18-2)6-11(9)19-3/h4-6H,7,15H2,1-3H3. The zero-order chi connectivity index (χ0) is 14.0. The van der Waals surface area contributed by atoms with Crippen LogP contribution in [0.5, 0.6) is 11.5 Å². The maximum absolute atomic E-state index is 5.67. The number of nitrogens with zero attached hydrogens (tertiary/aromatic N) is 2. The van der Waals surface area contributed by atoms with Crippen LogP contribution in [0.2, 0.25) is 0 Å². The summed E-state index contributed by atoms with van der Waals surface area (Å²) in [5.41, 5.74) is 7.38. The average Bonchev–Trinajstić information content (AvgIpc) is 2.74. The molecule has 0 bridgehead atoms. The first-order chi connectivity index (χ1) is 9.12. The summed E-state index contributed by atoms with van der Waals surface area (Å²) in [6.45, 7) is 0.382. The van der Waals surface area contributed by atoms with Gasteiger partial charge in [-0.15, -0.1) is 0 Å². The first-order valence-corrected chi connectivity index (χ1v) is 6.55. The largest absolute Gasteiger partial charge is 0.497 e. The van der Waals surface area contributed by atoms with E-state index in [0.717, 1.165) is 27.4 Å². The van der Waals surface area contributed by atoms with Crippen molar-refractivity contribution in [2.45, 2.75) is 6.54 Å². The molecule has 0 fully saturated rings. The van der Waals surface area contributed by atoms with Crippen LogP contribution >= 0.6 is 15.9 Å². The molecule has 0 saturated heterocycles. The molecule has 0 aliphatic heterocycles. The van der Waals surface area contributed by atoms with Crippen molar-refractivity contribution in [3.63, 3.8) is 0 Å². The van der Waals surface area contributed by atoms with Gasteiger partial charge in [0.1, 0.15) is 21.9 Å². The van der Waals surface area contributed by atoms with Gasteiger partial charge in [0.05, 0.1) is 25.5 Å². The number of rotatable bonds is 4. The molecule has 0 aliphatic rings. The van der Waals surface area contributed by atoms with Gasteiger partial charge in [0, 0.05) is 19.7 Å². The quantitative estimate of drug-likeness (QED) is 0.937. The minimum absolute atomic E-state index is 0.382. The molecule has 2 N–H and O–H groups in total. The molecular formula is C13H16BrN3O2. The van der Waals surface area contributed by atoms with E-state index >= 15 is 0 Å². The highest BCUT2D eigenvalue weighted by Crippen LogP contribution is 2.34. The summed E-state index contributed by atoms with van der Waals surface area (Å²) in [6.07, 6.45) is 0. The maximum Gasteiger partial charge on any atom is 0.144 e. The predicted molar refractivity (Wildman–Crippen MR) is 77.3 cm³/mol. The smallest absolute Gasteiger partial charge is 0.144 e. The zero-order valence-electron chi connectivity index (χ0n) is 11.1. The summed E-state index contributed by atoms with van der Waals surface area (Å²) in [4.78, 5) is 4.53. The van der Waals surface area contributed by atoms with Crippen LogP contribution < -0.4 is 15.2 Å². The van der Waals surface area contributed by atoms with Gasteiger partial charge in [0.2, 0.25) is 0 Å². The van der Waals surface area contributed by atoms with Crippen LogP contribution in [-0.2, 0) is 13.6 Å². The van der Waals surface area contributed by atoms with E-state index in [0.29, 0.717) is 12.3 Å². The van der Waals surface area contributed by atoms with E-state index in [1.165, 1.54) is 0 Å². The van der Waals surface area contributed by atoms with E-state index < -0.39 is 0 Å². The van der Waals surface area contributed by atoms with Gasteiger partial charge in [-0.05, 0) is 28.1 Å². The molecule has 2 rings (SSSR count). The first-order valence-electron chi connectivity index (χ1n) is 5.76. The van der Waals surface area contributed by atoms with Gasteiger partial charge in [-0.3, -0.25) is 0 Å². The monoisotopic (exact) mass is 325 g/mol. The Morgan fingerprint density at radius 1 is 1.32 bits per heavy atom. The number of halogens is 1. The van der Waals surface area contributed by atoms with E-state index in [4.69, 9.17) is 15.2 Å². The normalized spacial score (nSPS) is 10.6. The fourth-order valence-electron chi connectivity index (χ4n) is 1.89. The van der Waals surface area contributed by atoms with Crippen LogP contribution in [0.3, 0.4) is 0 Å². The highest BCUT2D eigenvalue weighted by Gasteiger charge is 2.16. The number of nitrogens with two attached hydrogens (primary N) is 1. The predicted octanol–water partition coefficient (Wildman–Crippen LogP) is 2.33. The van der Waals surface area contributed by atoms with E-state index in [-0.39, 0.29) is 0 Å². The van der Waals surface area contributed by atoms with Gasteiger partial charge in [0.15, 0.2) is 0 Å². The molecule has 5 nitrogen and oxygen atoms in total. The van der Waals surface area contributed by atoms with Crippen molar-refractivity contribution in [2.75, 3.05) is 14.2 Å². The maximum atomic E-state index is 5.67. The molecule has 0 aliphatic carbocycles. The Kier molecular flexibility index (Phi) is 4.11. The Bertz CT molecular complexity index is 596. The second-order valence-electron chi connectivity index (χ2n) is 4.00. The van der Waals surface area contributed by atoms with E-state index in [1.807, 2.05) is 29.8 Å². The summed E-state index contributed by atoms with van der Waals surface area (Å²) in [7, 11) is 5.17. The third-order valence-electron chi connectivity index (χ3n) is 2.93. The average molecular weight is 326 g/mol. The molecule has 1 aromatic carbocycles. The van der Waals surface area contributed by atoms with Gasteiger partial charge in [-0.25, -0.2) is 4.98 Å². The number of imidazole rings is 1. The Balaban J connectivity index is 2.58. The third kappa shape index (κ3) is 2.46. The van der Waals surface area contributed by atoms with Crippen LogP contribution in [0, 0.1) is 0 Å². The van der Waals surface area contributed by atoms with Crippen LogP contribution in [0.4, 0.5) is 0 Å². The topological polar surface area (TPSA) is 62.3 Å². The van der Waals surface area contributed by atoms with Crippen molar-refractivity contribution in [1.82, 2.24) is 9.55 Å². The molecule has 19 heavy (non-hydrogen) atoms. The lowest BCUT2D eigenvalue weighted by atomic mass is 10.2. The first kappa shape index (κ1) is 13.9. The Labute approximate surface area is 120 Å². The fourth-order valence-corrected chi connectivity index (χ4v) is 2.31. The lowest BCUT2D eigenvalue weighted by Gasteiger charge is -2.10. The Morgan fingerprint density at radius 3 is 2.58 bits per heavy atom. The highest BCUT2D eigenvalue weighted by molar-refractivity contribution is 9.10. The van der Waals surface area contributed by atoms with E-state index in [1.54, 1.807) is 14.2 Å². The lowest BCUT2D eigenvalue weighted by Crippen LogP contribution is -1.97. The minimum Gasteiger partial charge on any atom is -0.497 e. The highest BCUT2D eigenvalue weighted by atomic mass is 79.9. The summed E-state index contributed by atoms with van der Waals surface area (Å²) in [5, 5.41) is 0. The molecule has 2 aromatic rings. The van der Waals surface area contributed by atoms with Gasteiger partial charge in [0.25, 0.3) is 0 Å². The van der Waals surface area contributed by atoms with Crippen LogP contribution in [0.15, 0.2) is 22.8 Å². The molecule has 0 amide bonds. The second kappa shape index (κ2) is 5.63. The Hall–Kier alpha value is -1.53. The summed E-state index contributed by atoms with van der Waals surface area (Å²) >= 11 is 3.49. The van der Waals surface area contributed by atoms with Crippen molar-refractivity contribution in [1.29, 1.82) is 0 Å². The number of methoxy groups -OCH3 is 2. The minimum atomic E-state index is 0.382. The van der Waals surface area contributed by atoms with E-state index in [9.17, 15) is 0 Å². The number of hydrogen-bond acceptors (Lipinski definition) is 4. The lowest BCUT2D eigenvalue weighted by molar-refractivity contribution is 0.395. The third-order valence-corrected chi connectivity index (χ3v) is 3.92. The van der Waals surface area contributed by atoms with Crippen LogP contribution in [-0.4, -0.2) is 23.8 Å². The fraction of sp³-hybridized carbons (Fsp3) is 0.308. The zero-order valence-corrected chi connectivity index (χ0v) is 12.7. The number of hydrogen-bond donors (Lipinski definition) is 1. The number of aromatic nitrogens is 2. The Morgan fingerprint density at radius 2 is 2.05 bits per heavy atom. The number of benzene rings is 1. The van der Waals surface area contributed by atoms with Crippen molar-refractivity contribution >= 4 is 15.9 Å². The van der Waals surface area contributed by atoms with Crippen molar-refractivity contribution < 1.29 is 9.47 Å².